The van der Waals surface area contributed by atoms with Gasteiger partial charge in [0.15, 0.2) is 25.6 Å². The van der Waals surface area contributed by atoms with E-state index >= 15 is 0 Å². The van der Waals surface area contributed by atoms with Crippen molar-refractivity contribution in [3.8, 4) is 0 Å². The Morgan fingerprint density at radius 1 is 0.556 bits per heavy atom. The van der Waals surface area contributed by atoms with Crippen molar-refractivity contribution >= 4 is 85.3 Å². The first-order valence-corrected chi connectivity index (χ1v) is 31.2. The fourth-order valence-electron chi connectivity index (χ4n) is 12.3. The Kier molecular flexibility index (Phi) is 38.7. The molecule has 5 nitrogen and oxygen atoms in total. The van der Waals surface area contributed by atoms with E-state index in [2.05, 4.69) is 188 Å². The van der Waals surface area contributed by atoms with Gasteiger partial charge in [0.1, 0.15) is 0 Å². The van der Waals surface area contributed by atoms with Crippen molar-refractivity contribution in [1.29, 1.82) is 0 Å². The van der Waals surface area contributed by atoms with Gasteiger partial charge in [-0.3, -0.25) is 24.0 Å². The Morgan fingerprint density at radius 3 is 1.42 bits per heavy atom. The van der Waals surface area contributed by atoms with Gasteiger partial charge in [-0.25, -0.2) is 0 Å². The summed E-state index contributed by atoms with van der Waals surface area (Å²) in [6.07, 6.45) is 24.9. The van der Waals surface area contributed by atoms with Crippen molar-refractivity contribution in [2.24, 2.45) is 51.2 Å². The number of carbonyl (C=O) groups excluding carboxylic acids is 5. The van der Waals surface area contributed by atoms with Gasteiger partial charge >= 0.3 is 0 Å². The lowest BCUT2D eigenvalue weighted by molar-refractivity contribution is -0.110. The number of thiol groups is 1. The van der Waals surface area contributed by atoms with Crippen molar-refractivity contribution < 1.29 is 24.0 Å². The zero-order valence-corrected chi connectivity index (χ0v) is 55.1. The summed E-state index contributed by atoms with van der Waals surface area (Å²) in [5.41, 5.74) is 2.93. The topological polar surface area (TPSA) is 85.3 Å². The van der Waals surface area contributed by atoms with Crippen LogP contribution in [0, 0.1) is 51.2 Å². The highest BCUT2D eigenvalue weighted by molar-refractivity contribution is 8.15. The van der Waals surface area contributed by atoms with Crippen LogP contribution in [0.25, 0.3) is 0 Å². The lowest BCUT2D eigenvalue weighted by atomic mass is 9.61. The molecule has 0 saturated heterocycles. The molecule has 420 valence electrons. The minimum absolute atomic E-state index is 0.0847. The molecule has 0 aliphatic carbocycles. The van der Waals surface area contributed by atoms with E-state index in [-0.39, 0.29) is 68.2 Å². The second kappa shape index (κ2) is 37.0. The number of thioether (sulfide) groups is 4. The van der Waals surface area contributed by atoms with Gasteiger partial charge in [-0.2, -0.15) is 0 Å². The molecule has 0 aromatic rings. The summed E-state index contributed by atoms with van der Waals surface area (Å²) >= 11 is 9.27. The third-order valence-corrected chi connectivity index (χ3v) is 18.7. The first-order valence-electron chi connectivity index (χ1n) is 27.3. The van der Waals surface area contributed by atoms with E-state index in [1.54, 1.807) is 27.7 Å². The standard InChI is InChI=1S/C46H82O4S4.C14H26.C2H4OS/c1-19-22-44(16,30-45(17,28-36(9)51-37(10)47)29-43(14,15)41(21-3)52-38(11)48)27-35(8)42(53-39(12)49)34(7)24-33(6)26-46(18,54-40(13)50)25-32(5)23-31(4)20-2;1-7-9-14(5,6)11-13(4)10-12(3)8-2;1-2(3)4/h19,22-23,32-36,41-42H,20-21,24-30H2,1-18H3;7,9-10,13H,8,11H2,1-6H3;1H3,(H,3,4)/b22-19+,31-23+;9-7+,12-10+;. The van der Waals surface area contributed by atoms with Crippen LogP contribution in [-0.2, 0) is 24.0 Å². The molecule has 0 aliphatic rings. The third kappa shape index (κ3) is 36.9. The quantitative estimate of drug-likeness (QED) is 0.0558. The summed E-state index contributed by atoms with van der Waals surface area (Å²) in [4.78, 5) is 59.1. The predicted molar refractivity (Wildman–Crippen MR) is 333 cm³/mol. The van der Waals surface area contributed by atoms with Gasteiger partial charge in [0.05, 0.1) is 0 Å². The lowest BCUT2D eigenvalue weighted by Gasteiger charge is -2.47. The molecule has 0 radical (unpaired) electrons. The molecule has 0 spiro atoms. The van der Waals surface area contributed by atoms with Crippen LogP contribution in [0.3, 0.4) is 0 Å². The molecule has 0 amide bonds. The molecule has 11 atom stereocenters. The number of hydrogen-bond donors (Lipinski definition) is 1. The van der Waals surface area contributed by atoms with Gasteiger partial charge in [0, 0.05) is 55.1 Å². The molecule has 11 unspecified atom stereocenters. The van der Waals surface area contributed by atoms with E-state index < -0.39 is 0 Å². The SMILES string of the molecule is C/C=C/C(C)(C)CC(C)/C=C(\C)CC.C/C=C/C(C)(CC(C)C(SC(C)=O)C(C)CC(C)CC(C)(CC(C)/C=C(\C)CC)SC(C)=O)CC(C)(CC(C)SC(C)=O)CC(C)(C)C(CC)SC(C)=O.CC(=O)S. The number of rotatable bonds is 30. The van der Waals surface area contributed by atoms with E-state index in [9.17, 15) is 24.0 Å². The lowest BCUT2D eigenvalue weighted by Crippen LogP contribution is -2.39. The van der Waals surface area contributed by atoms with Crippen LogP contribution in [-0.4, -0.2) is 46.1 Å². The average Bonchev–Trinajstić information content (AvgIpc) is 3.16. The maximum Gasteiger partial charge on any atom is 0.186 e. The molecule has 0 heterocycles. The first kappa shape index (κ1) is 75.3. The van der Waals surface area contributed by atoms with Gasteiger partial charge in [-0.15, -0.1) is 12.6 Å². The van der Waals surface area contributed by atoms with Crippen molar-refractivity contribution in [1.82, 2.24) is 0 Å². The maximum absolute atomic E-state index is 12.8. The highest BCUT2D eigenvalue weighted by atomic mass is 32.2. The predicted octanol–water partition coefficient (Wildman–Crippen LogP) is 20.1. The van der Waals surface area contributed by atoms with Crippen molar-refractivity contribution in [3.05, 3.63) is 47.6 Å². The molecule has 0 bridgehead atoms. The summed E-state index contributed by atoms with van der Waals surface area (Å²) in [6, 6.07) is 0. The second-order valence-corrected chi connectivity index (χ2v) is 31.1. The van der Waals surface area contributed by atoms with Crippen LogP contribution in [0.4, 0.5) is 0 Å². The number of hydrogen-bond acceptors (Lipinski definition) is 9. The minimum atomic E-state index is -0.149. The summed E-state index contributed by atoms with van der Waals surface area (Å²) in [5, 5.41) is 1.08. The van der Waals surface area contributed by atoms with Gasteiger partial charge in [-0.05, 0) is 156 Å². The zero-order valence-electron chi connectivity index (χ0n) is 51.0. The number of allylic oxidation sites excluding steroid dienone is 8. The highest BCUT2D eigenvalue weighted by Gasteiger charge is 2.43. The summed E-state index contributed by atoms with van der Waals surface area (Å²) in [7, 11) is 0. The fourth-order valence-corrected chi connectivity index (χ4v) is 16.8. The van der Waals surface area contributed by atoms with E-state index in [1.807, 2.05) is 0 Å². The molecule has 72 heavy (non-hydrogen) atoms. The van der Waals surface area contributed by atoms with Crippen LogP contribution < -0.4 is 0 Å². The van der Waals surface area contributed by atoms with Crippen molar-refractivity contribution in [3.63, 3.8) is 0 Å². The average molecular weight is 1100 g/mol. The zero-order chi connectivity index (χ0) is 57.0. The highest BCUT2D eigenvalue weighted by Crippen LogP contribution is 2.53. The molecule has 0 rings (SSSR count). The summed E-state index contributed by atoms with van der Waals surface area (Å²) in [5.74, 6) is 2.07. The molecule has 0 aromatic heterocycles. The maximum atomic E-state index is 12.8. The minimum Gasteiger partial charge on any atom is -0.288 e. The second-order valence-electron chi connectivity index (χ2n) is 24.4. The third-order valence-electron chi connectivity index (χ3n) is 13.6. The Bertz CT molecular complexity index is 1740. The molecule has 0 aromatic carbocycles. The van der Waals surface area contributed by atoms with Gasteiger partial charge < -0.3 is 0 Å². The Labute approximate surface area is 469 Å². The van der Waals surface area contributed by atoms with Crippen molar-refractivity contribution in [2.45, 2.75) is 264 Å². The van der Waals surface area contributed by atoms with E-state index in [1.165, 1.54) is 78.0 Å². The summed E-state index contributed by atoms with van der Waals surface area (Å²) in [6.45, 7) is 53.4. The molecule has 0 fully saturated rings. The normalized spacial score (nSPS) is 18.6. The monoisotopic (exact) mass is 1100 g/mol. The van der Waals surface area contributed by atoms with Crippen molar-refractivity contribution in [2.75, 3.05) is 0 Å². The first-order chi connectivity index (χ1) is 32.8. The largest absolute Gasteiger partial charge is 0.288 e. The van der Waals surface area contributed by atoms with E-state index in [0.29, 0.717) is 29.1 Å². The Balaban J connectivity index is -0.00000222. The van der Waals surface area contributed by atoms with Crippen LogP contribution in [0.1, 0.15) is 244 Å². The van der Waals surface area contributed by atoms with Crippen LogP contribution in [0.2, 0.25) is 0 Å². The van der Waals surface area contributed by atoms with Gasteiger partial charge in [0.2, 0.25) is 0 Å². The molecule has 10 heteroatoms. The van der Waals surface area contributed by atoms with Crippen LogP contribution >= 0.6 is 59.7 Å². The molecule has 0 aliphatic heterocycles. The van der Waals surface area contributed by atoms with Gasteiger partial charge in [-0.1, -0.05) is 199 Å². The summed E-state index contributed by atoms with van der Waals surface area (Å²) < 4.78 is -0.149. The van der Waals surface area contributed by atoms with Crippen LogP contribution in [0.5, 0.6) is 0 Å². The smallest absolute Gasteiger partial charge is 0.186 e. The molecular formula is C62H112O5S5. The molecule has 0 N–H and O–H groups in total. The fraction of sp³-hybridized carbons (Fsp3) is 0.790. The molecule has 0 saturated carbocycles. The van der Waals surface area contributed by atoms with E-state index in [0.717, 1.165) is 57.8 Å². The van der Waals surface area contributed by atoms with E-state index in [4.69, 9.17) is 0 Å². The van der Waals surface area contributed by atoms with Gasteiger partial charge in [0.25, 0.3) is 0 Å². The molecular weight excluding hydrogens is 985 g/mol. The Hall–Kier alpha value is -0.940. The number of carbonyl (C=O) groups is 5. The Morgan fingerprint density at radius 2 is 1.01 bits per heavy atom. The van der Waals surface area contributed by atoms with Crippen LogP contribution in [0.15, 0.2) is 47.6 Å².